The lowest BCUT2D eigenvalue weighted by Gasteiger charge is -2.36. The number of pyridine rings is 1. The predicted octanol–water partition coefficient (Wildman–Crippen LogP) is 4.60. The van der Waals surface area contributed by atoms with Crippen LogP contribution in [-0.4, -0.2) is 22.4 Å². The smallest absolute Gasteiger partial charge is 0.235 e. The number of hydrogen-bond acceptors (Lipinski definition) is 4. The van der Waals surface area contributed by atoms with Crippen LogP contribution in [0.15, 0.2) is 58.7 Å². The first-order valence-corrected chi connectivity index (χ1v) is 10.1. The Morgan fingerprint density at radius 3 is 2.63 bits per heavy atom. The first-order valence-electron chi connectivity index (χ1n) is 10.1. The third kappa shape index (κ3) is 3.82. The molecule has 1 amide bonds. The van der Waals surface area contributed by atoms with Gasteiger partial charge in [0.2, 0.25) is 5.91 Å². The van der Waals surface area contributed by atoms with Crippen LogP contribution in [0.25, 0.3) is 0 Å². The summed E-state index contributed by atoms with van der Waals surface area (Å²) >= 11 is 0. The van der Waals surface area contributed by atoms with Gasteiger partial charge in [0.15, 0.2) is 5.78 Å². The number of hydrogen-bond donors (Lipinski definition) is 1. The van der Waals surface area contributed by atoms with E-state index in [1.165, 1.54) is 12.1 Å². The molecule has 0 spiro atoms. The maximum Gasteiger partial charge on any atom is 0.235 e. The molecule has 5 nitrogen and oxygen atoms in total. The molecule has 6 heteroatoms. The van der Waals surface area contributed by atoms with Gasteiger partial charge in [0.25, 0.3) is 0 Å². The van der Waals surface area contributed by atoms with Crippen molar-refractivity contribution >= 4 is 23.2 Å². The van der Waals surface area contributed by atoms with Crippen molar-refractivity contribution in [1.82, 2.24) is 4.98 Å². The van der Waals surface area contributed by atoms with Crippen LogP contribution >= 0.6 is 0 Å². The van der Waals surface area contributed by atoms with Gasteiger partial charge in [-0.15, -0.1) is 0 Å². The van der Waals surface area contributed by atoms with E-state index in [4.69, 9.17) is 0 Å². The van der Waals surface area contributed by atoms with E-state index in [1.54, 1.807) is 25.1 Å². The molecule has 0 fully saturated rings. The molecule has 1 aliphatic heterocycles. The second kappa shape index (κ2) is 7.94. The number of halogens is 1. The quantitative estimate of drug-likeness (QED) is 0.812. The Kier molecular flexibility index (Phi) is 5.33. The summed E-state index contributed by atoms with van der Waals surface area (Å²) in [5.41, 5.74) is 3.28. The number of carbonyl (C=O) groups is 2. The molecule has 0 radical (unpaired) electrons. The fourth-order valence-corrected chi connectivity index (χ4v) is 4.47. The van der Waals surface area contributed by atoms with Crippen molar-refractivity contribution < 1.29 is 14.0 Å². The Morgan fingerprint density at radius 2 is 1.90 bits per heavy atom. The predicted molar refractivity (Wildman–Crippen MR) is 114 cm³/mol. The number of anilines is 1. The number of amides is 1. The Morgan fingerprint density at radius 1 is 1.13 bits per heavy atom. The zero-order valence-electron chi connectivity index (χ0n) is 17.3. The Balaban J connectivity index is 1.79. The number of carbonyl (C=O) groups excluding carboxylic acids is 2. The van der Waals surface area contributed by atoms with E-state index in [0.717, 1.165) is 11.4 Å². The monoisotopic (exact) mass is 405 g/mol. The van der Waals surface area contributed by atoms with Crippen molar-refractivity contribution in [1.29, 1.82) is 0 Å². The maximum absolute atomic E-state index is 14.1. The molecule has 2 aromatic rings. The summed E-state index contributed by atoms with van der Waals surface area (Å²) in [5.74, 6) is -1.37. The molecule has 4 rings (SSSR count). The summed E-state index contributed by atoms with van der Waals surface area (Å²) in [5, 5.41) is 2.86. The summed E-state index contributed by atoms with van der Waals surface area (Å²) in [7, 11) is 0. The van der Waals surface area contributed by atoms with Crippen molar-refractivity contribution in [3.8, 4) is 0 Å². The average Bonchev–Trinajstić information content (AvgIpc) is 2.66. The van der Waals surface area contributed by atoms with Crippen LogP contribution < -0.4 is 5.32 Å². The van der Waals surface area contributed by atoms with Crippen molar-refractivity contribution in [2.75, 3.05) is 5.32 Å². The van der Waals surface area contributed by atoms with Gasteiger partial charge in [-0.25, -0.2) is 9.37 Å². The molecule has 2 aliphatic rings. The maximum atomic E-state index is 14.1. The van der Waals surface area contributed by atoms with Crippen LogP contribution in [0.2, 0.25) is 0 Å². The summed E-state index contributed by atoms with van der Waals surface area (Å²) in [6.07, 6.45) is 1.09. The normalized spacial score (nSPS) is 23.7. The van der Waals surface area contributed by atoms with Crippen LogP contribution in [-0.2, 0) is 9.59 Å². The number of aliphatic imine (C=N–C) groups is 1. The first-order chi connectivity index (χ1) is 14.3. The average molecular weight is 405 g/mol. The highest BCUT2D eigenvalue weighted by molar-refractivity contribution is 6.13. The number of nitrogens with one attached hydrogen (secondary N) is 1. The highest BCUT2D eigenvalue weighted by Crippen LogP contribution is 2.44. The molecule has 0 bridgehead atoms. The van der Waals surface area contributed by atoms with E-state index >= 15 is 0 Å². The fraction of sp³-hybridized carbons (Fsp3) is 0.333. The van der Waals surface area contributed by atoms with Gasteiger partial charge in [0.05, 0.1) is 5.92 Å². The first kappa shape index (κ1) is 20.1. The lowest BCUT2D eigenvalue weighted by Crippen LogP contribution is -2.40. The second-order valence-electron chi connectivity index (χ2n) is 8.21. The molecule has 0 saturated heterocycles. The molecule has 154 valence electrons. The molecule has 3 atom stereocenters. The van der Waals surface area contributed by atoms with Gasteiger partial charge >= 0.3 is 0 Å². The molecule has 30 heavy (non-hydrogen) atoms. The van der Waals surface area contributed by atoms with Gasteiger partial charge in [-0.2, -0.15) is 0 Å². The largest absolute Gasteiger partial charge is 0.310 e. The zero-order chi connectivity index (χ0) is 21.4. The fourth-order valence-electron chi connectivity index (χ4n) is 4.47. The van der Waals surface area contributed by atoms with Gasteiger partial charge in [-0.1, -0.05) is 25.1 Å². The van der Waals surface area contributed by atoms with E-state index in [9.17, 15) is 14.0 Å². The van der Waals surface area contributed by atoms with E-state index in [-0.39, 0.29) is 17.6 Å². The molecule has 2 heterocycles. The minimum atomic E-state index is -0.717. The number of allylic oxidation sites excluding steroid dienone is 2. The topological polar surface area (TPSA) is 71.4 Å². The van der Waals surface area contributed by atoms with Gasteiger partial charge in [0.1, 0.15) is 11.6 Å². The lowest BCUT2D eigenvalue weighted by molar-refractivity contribution is -0.119. The third-order valence-corrected chi connectivity index (χ3v) is 5.72. The van der Waals surface area contributed by atoms with E-state index in [0.29, 0.717) is 35.5 Å². The van der Waals surface area contributed by atoms with Crippen LogP contribution in [0.3, 0.4) is 0 Å². The van der Waals surface area contributed by atoms with Crippen LogP contribution in [0.4, 0.5) is 10.2 Å². The molecular weight excluding hydrogens is 381 g/mol. The van der Waals surface area contributed by atoms with Crippen molar-refractivity contribution in [3.63, 3.8) is 0 Å². The van der Waals surface area contributed by atoms with Crippen LogP contribution in [0, 0.1) is 24.6 Å². The number of aromatic nitrogens is 1. The standard InChI is InChI=1S/C24H24FN3O2/c1-13-10-18-23(19(29)11-13)22(16-7-5-8-17(25)12-16)21(15(3)27-18)24(30)28-20-9-4-6-14(2)26-20/h4-9,12-13,21-22H,10-11H2,1-3H3,(H,26,28,30)/t13-,21?,22-/m1/s1. The van der Waals surface area contributed by atoms with Crippen molar-refractivity contribution in [2.45, 2.75) is 39.5 Å². The van der Waals surface area contributed by atoms with Gasteiger partial charge < -0.3 is 5.32 Å². The second-order valence-corrected chi connectivity index (χ2v) is 8.21. The number of Topliss-reactive ketones (excluding diaryl/α,β-unsaturated/α-hetero) is 1. The van der Waals surface area contributed by atoms with Gasteiger partial charge in [0, 0.05) is 35.0 Å². The van der Waals surface area contributed by atoms with Crippen molar-refractivity contribution in [3.05, 3.63) is 70.8 Å². The number of benzene rings is 1. The number of ketones is 1. The van der Waals surface area contributed by atoms with E-state index in [1.807, 2.05) is 26.0 Å². The molecule has 1 unspecified atom stereocenters. The Hall–Kier alpha value is -3.15. The highest BCUT2D eigenvalue weighted by atomic mass is 19.1. The van der Waals surface area contributed by atoms with Gasteiger partial charge in [-0.05, 0) is 56.0 Å². The minimum absolute atomic E-state index is 0.0132. The summed E-state index contributed by atoms with van der Waals surface area (Å²) < 4.78 is 14.1. The third-order valence-electron chi connectivity index (χ3n) is 5.72. The van der Waals surface area contributed by atoms with Crippen LogP contribution in [0.5, 0.6) is 0 Å². The lowest BCUT2D eigenvalue weighted by atomic mass is 9.70. The highest BCUT2D eigenvalue weighted by Gasteiger charge is 2.43. The van der Waals surface area contributed by atoms with E-state index < -0.39 is 17.7 Å². The van der Waals surface area contributed by atoms with Crippen LogP contribution in [0.1, 0.15) is 43.9 Å². The molecular formula is C24H24FN3O2. The van der Waals surface area contributed by atoms with E-state index in [2.05, 4.69) is 15.3 Å². The molecule has 1 aromatic heterocycles. The summed E-state index contributed by atoms with van der Waals surface area (Å²) in [4.78, 5) is 35.4. The Labute approximate surface area is 175 Å². The summed E-state index contributed by atoms with van der Waals surface area (Å²) in [6, 6.07) is 11.5. The Bertz CT molecular complexity index is 1090. The van der Waals surface area contributed by atoms with Gasteiger partial charge in [-0.3, -0.25) is 14.6 Å². The zero-order valence-corrected chi connectivity index (χ0v) is 17.3. The molecule has 0 saturated carbocycles. The summed E-state index contributed by atoms with van der Waals surface area (Å²) in [6.45, 7) is 5.66. The van der Waals surface area contributed by atoms with Crippen molar-refractivity contribution in [2.24, 2.45) is 16.8 Å². The number of aryl methyl sites for hydroxylation is 1. The molecule has 1 N–H and O–H groups in total. The SMILES string of the molecule is CC1=NC2=C(C(=O)C[C@H](C)C2)[C@H](c2cccc(F)c2)C1C(=O)Nc1cccc(C)n1. The minimum Gasteiger partial charge on any atom is -0.310 e. The number of rotatable bonds is 3. The number of nitrogens with zero attached hydrogens (tertiary/aromatic N) is 2. The molecule has 1 aliphatic carbocycles. The molecule has 1 aromatic carbocycles.